The minimum atomic E-state index is -0.135. The Morgan fingerprint density at radius 2 is 0.775 bits per heavy atom. The largest absolute Gasteiger partial charge is 0.508 e. The summed E-state index contributed by atoms with van der Waals surface area (Å²) in [4.78, 5) is 0. The number of phenolic OH excluding ortho intramolecular Hbond substituents is 3. The Hall–Kier alpha value is -2.94. The molecule has 0 radical (unpaired) electrons. The van der Waals surface area contributed by atoms with Crippen molar-refractivity contribution in [3.63, 3.8) is 0 Å². The lowest BCUT2D eigenvalue weighted by Crippen LogP contribution is -2.17. The Morgan fingerprint density at radius 3 is 1.07 bits per heavy atom. The lowest BCUT2D eigenvalue weighted by atomic mass is 9.74. The molecule has 0 aromatic heterocycles. The van der Waals surface area contributed by atoms with Crippen molar-refractivity contribution in [2.24, 2.45) is 0 Å². The molecule has 0 heterocycles. The molecule has 3 rings (SSSR count). The summed E-state index contributed by atoms with van der Waals surface area (Å²) in [6.45, 7) is 27.7. The first-order chi connectivity index (χ1) is 18.1. The monoisotopic (exact) mass is 544 g/mol. The summed E-state index contributed by atoms with van der Waals surface area (Å²) in [6.07, 6.45) is 0.760. The average Bonchev–Trinajstić information content (AvgIpc) is 2.80. The highest BCUT2D eigenvalue weighted by atomic mass is 16.3. The molecular formula is C37H52O3. The maximum atomic E-state index is 11.1. The number of hydrogen-bond donors (Lipinski definition) is 3. The molecule has 0 bridgehead atoms. The van der Waals surface area contributed by atoms with Crippen LogP contribution >= 0.6 is 0 Å². The van der Waals surface area contributed by atoms with Crippen LogP contribution in [0.4, 0.5) is 0 Å². The minimum Gasteiger partial charge on any atom is -0.508 e. The summed E-state index contributed by atoms with van der Waals surface area (Å²) in [5, 5.41) is 33.2. The van der Waals surface area contributed by atoms with Crippen LogP contribution in [0.5, 0.6) is 17.2 Å². The third-order valence-electron chi connectivity index (χ3n) is 8.73. The van der Waals surface area contributed by atoms with Crippen molar-refractivity contribution in [2.45, 2.75) is 125 Å². The maximum Gasteiger partial charge on any atom is 0.119 e. The molecule has 1 unspecified atom stereocenters. The zero-order valence-corrected chi connectivity index (χ0v) is 27.2. The van der Waals surface area contributed by atoms with Crippen molar-refractivity contribution in [2.75, 3.05) is 0 Å². The topological polar surface area (TPSA) is 60.7 Å². The van der Waals surface area contributed by atoms with E-state index in [0.29, 0.717) is 17.2 Å². The van der Waals surface area contributed by atoms with Gasteiger partial charge in [0, 0.05) is 5.92 Å². The van der Waals surface area contributed by atoms with Gasteiger partial charge in [-0.2, -0.15) is 0 Å². The van der Waals surface area contributed by atoms with Gasteiger partial charge in [-0.15, -0.1) is 0 Å². The Labute approximate surface area is 243 Å². The van der Waals surface area contributed by atoms with Gasteiger partial charge >= 0.3 is 0 Å². The van der Waals surface area contributed by atoms with E-state index in [1.807, 2.05) is 39.0 Å². The molecule has 218 valence electrons. The van der Waals surface area contributed by atoms with E-state index < -0.39 is 0 Å². The fraction of sp³-hybridized carbons (Fsp3) is 0.514. The third kappa shape index (κ3) is 6.51. The fourth-order valence-electron chi connectivity index (χ4n) is 5.60. The summed E-state index contributed by atoms with van der Waals surface area (Å²) in [5.41, 5.74) is 8.87. The standard InChI is InChI=1S/C37H52O3/c1-21(28-15-25(35(5,6)7)18-32(38)22(28)2)14-31(29-16-26(36(8,9)10)19-33(39)23(29)3)30-17-27(37(11,12)13)20-34(40)24(30)4/h15-21,31,38-40H,14H2,1-13H3. The van der Waals surface area contributed by atoms with Crippen LogP contribution in [0.1, 0.15) is 138 Å². The van der Waals surface area contributed by atoms with E-state index in [0.717, 1.165) is 56.5 Å². The van der Waals surface area contributed by atoms with E-state index in [1.54, 1.807) is 0 Å². The van der Waals surface area contributed by atoms with Gasteiger partial charge in [-0.25, -0.2) is 0 Å². The molecule has 3 aromatic rings. The predicted molar refractivity (Wildman–Crippen MR) is 170 cm³/mol. The quantitative estimate of drug-likeness (QED) is 0.299. The molecule has 0 aliphatic rings. The second-order valence-electron chi connectivity index (χ2n) is 15.1. The molecule has 3 heteroatoms. The van der Waals surface area contributed by atoms with Crippen LogP contribution in [0.2, 0.25) is 0 Å². The molecule has 3 N–H and O–H groups in total. The molecule has 40 heavy (non-hydrogen) atoms. The van der Waals surface area contributed by atoms with E-state index in [2.05, 4.69) is 87.4 Å². The molecule has 0 saturated heterocycles. The Kier molecular flexibility index (Phi) is 8.53. The van der Waals surface area contributed by atoms with Gasteiger partial charge in [0.15, 0.2) is 0 Å². The molecule has 3 nitrogen and oxygen atoms in total. The van der Waals surface area contributed by atoms with E-state index in [4.69, 9.17) is 0 Å². The molecule has 0 amide bonds. The number of rotatable bonds is 5. The zero-order valence-electron chi connectivity index (χ0n) is 27.2. The minimum absolute atomic E-state index is 0.0729. The lowest BCUT2D eigenvalue weighted by Gasteiger charge is -2.31. The van der Waals surface area contributed by atoms with Gasteiger partial charge in [0.2, 0.25) is 0 Å². The summed E-state index contributed by atoms with van der Waals surface area (Å²) < 4.78 is 0. The van der Waals surface area contributed by atoms with Gasteiger partial charge in [0.05, 0.1) is 0 Å². The van der Waals surface area contributed by atoms with Crippen molar-refractivity contribution in [3.8, 4) is 17.2 Å². The Bertz CT molecular complexity index is 1320. The molecule has 0 aliphatic carbocycles. The van der Waals surface area contributed by atoms with Crippen molar-refractivity contribution in [1.82, 2.24) is 0 Å². The van der Waals surface area contributed by atoms with Crippen LogP contribution in [0.25, 0.3) is 0 Å². The normalized spacial score (nSPS) is 13.7. The van der Waals surface area contributed by atoms with E-state index in [-0.39, 0.29) is 28.1 Å². The summed E-state index contributed by atoms with van der Waals surface area (Å²) in [5.74, 6) is 0.974. The lowest BCUT2D eigenvalue weighted by molar-refractivity contribution is 0.459. The van der Waals surface area contributed by atoms with Crippen LogP contribution < -0.4 is 0 Å². The van der Waals surface area contributed by atoms with Crippen molar-refractivity contribution >= 4 is 0 Å². The zero-order chi connectivity index (χ0) is 30.5. The molecule has 0 spiro atoms. The highest BCUT2D eigenvalue weighted by molar-refractivity contribution is 5.54. The van der Waals surface area contributed by atoms with Gasteiger partial charge in [-0.3, -0.25) is 0 Å². The maximum absolute atomic E-state index is 11.1. The SMILES string of the molecule is Cc1c(O)cc(C(C)(C)C)cc1C(C)CC(c1cc(C(C)(C)C)cc(O)c1C)c1cc(C(C)(C)C)cc(O)c1C. The molecule has 0 saturated carbocycles. The first-order valence-corrected chi connectivity index (χ1v) is 14.6. The number of benzene rings is 3. The van der Waals surface area contributed by atoms with Crippen LogP contribution in [0, 0.1) is 20.8 Å². The summed E-state index contributed by atoms with van der Waals surface area (Å²) in [7, 11) is 0. The fourth-order valence-corrected chi connectivity index (χ4v) is 5.60. The van der Waals surface area contributed by atoms with Crippen molar-refractivity contribution in [3.05, 3.63) is 86.5 Å². The molecular weight excluding hydrogens is 492 g/mol. The Balaban J connectivity index is 2.33. The van der Waals surface area contributed by atoms with Gasteiger partial charge in [0.1, 0.15) is 17.2 Å². The highest BCUT2D eigenvalue weighted by Gasteiger charge is 2.29. The van der Waals surface area contributed by atoms with Crippen molar-refractivity contribution in [1.29, 1.82) is 0 Å². The van der Waals surface area contributed by atoms with Gasteiger partial charge in [-0.05, 0) is 118 Å². The highest BCUT2D eigenvalue weighted by Crippen LogP contribution is 2.45. The molecule has 3 aromatic carbocycles. The number of aromatic hydroxyl groups is 3. The van der Waals surface area contributed by atoms with Gasteiger partial charge < -0.3 is 15.3 Å². The summed E-state index contributed by atoms with van der Waals surface area (Å²) in [6, 6.07) is 12.4. The van der Waals surface area contributed by atoms with E-state index >= 15 is 0 Å². The smallest absolute Gasteiger partial charge is 0.119 e. The average molecular weight is 545 g/mol. The predicted octanol–water partition coefficient (Wildman–Crippen LogP) is 9.95. The first-order valence-electron chi connectivity index (χ1n) is 14.6. The van der Waals surface area contributed by atoms with Crippen LogP contribution in [-0.2, 0) is 16.2 Å². The van der Waals surface area contributed by atoms with Crippen LogP contribution in [-0.4, -0.2) is 15.3 Å². The van der Waals surface area contributed by atoms with Gasteiger partial charge in [-0.1, -0.05) is 87.4 Å². The molecule has 0 aliphatic heterocycles. The van der Waals surface area contributed by atoms with Gasteiger partial charge in [0.25, 0.3) is 0 Å². The molecule has 1 atom stereocenters. The number of hydrogen-bond acceptors (Lipinski definition) is 3. The van der Waals surface area contributed by atoms with E-state index in [9.17, 15) is 15.3 Å². The van der Waals surface area contributed by atoms with Crippen LogP contribution in [0.15, 0.2) is 36.4 Å². The van der Waals surface area contributed by atoms with Crippen LogP contribution in [0.3, 0.4) is 0 Å². The molecule has 0 fully saturated rings. The van der Waals surface area contributed by atoms with Crippen molar-refractivity contribution < 1.29 is 15.3 Å². The first kappa shape index (κ1) is 31.6. The Morgan fingerprint density at radius 1 is 0.500 bits per heavy atom. The second-order valence-corrected chi connectivity index (χ2v) is 15.1. The van der Waals surface area contributed by atoms with E-state index in [1.165, 1.54) is 0 Å². The third-order valence-corrected chi connectivity index (χ3v) is 8.73. The summed E-state index contributed by atoms with van der Waals surface area (Å²) >= 11 is 0. The second kappa shape index (κ2) is 10.8. The number of phenols is 3.